The van der Waals surface area contributed by atoms with E-state index in [0.29, 0.717) is 11.2 Å². The van der Waals surface area contributed by atoms with Crippen LogP contribution in [0.15, 0.2) is 17.5 Å². The van der Waals surface area contributed by atoms with E-state index in [4.69, 9.17) is 0 Å². The molecule has 1 fully saturated rings. The minimum atomic E-state index is -0.0792. The second-order valence-corrected chi connectivity index (χ2v) is 8.22. The normalized spacial score (nSPS) is 15.4. The smallest absolute Gasteiger partial charge is 0.274 e. The molecule has 1 N–H and O–H groups in total. The van der Waals surface area contributed by atoms with Crippen molar-refractivity contribution in [3.63, 3.8) is 0 Å². The number of nitrogens with zero attached hydrogens (tertiary/aromatic N) is 3. The number of fused-ring (bicyclic) bond motifs is 1. The molecule has 0 bridgehead atoms. The van der Waals surface area contributed by atoms with Gasteiger partial charge in [-0.1, -0.05) is 31.1 Å². The summed E-state index contributed by atoms with van der Waals surface area (Å²) < 4.78 is 3.42. The minimum Gasteiger partial charge on any atom is -0.333 e. The Labute approximate surface area is 148 Å². The van der Waals surface area contributed by atoms with Crippen molar-refractivity contribution < 1.29 is 4.79 Å². The van der Waals surface area contributed by atoms with Gasteiger partial charge in [-0.25, -0.2) is 0 Å². The van der Waals surface area contributed by atoms with E-state index in [0.717, 1.165) is 36.4 Å². The first kappa shape index (κ1) is 15.8. The first-order valence-corrected chi connectivity index (χ1v) is 10.2. The Morgan fingerprint density at radius 3 is 3.00 bits per heavy atom. The van der Waals surface area contributed by atoms with E-state index in [1.54, 1.807) is 11.3 Å². The molecule has 0 spiro atoms. The molecule has 0 aliphatic heterocycles. The Balaban J connectivity index is 1.63. The van der Waals surface area contributed by atoms with Crippen molar-refractivity contribution in [1.82, 2.24) is 14.8 Å². The minimum absolute atomic E-state index is 0.0792. The molecule has 126 valence electrons. The summed E-state index contributed by atoms with van der Waals surface area (Å²) in [5.74, 6) is -0.0792. The fourth-order valence-electron chi connectivity index (χ4n) is 3.46. The highest BCUT2D eigenvalue weighted by Crippen LogP contribution is 2.36. The van der Waals surface area contributed by atoms with E-state index >= 15 is 0 Å². The van der Waals surface area contributed by atoms with Crippen LogP contribution in [0.3, 0.4) is 0 Å². The Morgan fingerprint density at radius 2 is 2.21 bits per heavy atom. The molecule has 7 heteroatoms. The standard InChI is InChI=1S/C17H20N4OS2/c1-2-5-15-19-20-17(24-15)18-16(22)13-10-14-12(8-9-23-14)21(13)11-6-3-4-7-11/h8-11H,2-7H2,1H3,(H,18,20,22). The molecule has 0 saturated heterocycles. The number of carbonyl (C=O) groups excluding carboxylic acids is 1. The Bertz CT molecular complexity index is 857. The summed E-state index contributed by atoms with van der Waals surface area (Å²) >= 11 is 3.16. The molecule has 3 aromatic heterocycles. The molecule has 5 nitrogen and oxygen atoms in total. The second kappa shape index (κ2) is 6.64. The predicted molar refractivity (Wildman–Crippen MR) is 99.2 cm³/mol. The van der Waals surface area contributed by atoms with Gasteiger partial charge in [0.1, 0.15) is 10.7 Å². The number of aromatic nitrogens is 3. The average molecular weight is 361 g/mol. The molecule has 3 heterocycles. The lowest BCUT2D eigenvalue weighted by molar-refractivity contribution is 0.101. The predicted octanol–water partition coefficient (Wildman–Crippen LogP) is 4.87. The number of carbonyl (C=O) groups is 1. The summed E-state index contributed by atoms with van der Waals surface area (Å²) in [5.41, 5.74) is 1.93. The topological polar surface area (TPSA) is 59.8 Å². The summed E-state index contributed by atoms with van der Waals surface area (Å²) in [7, 11) is 0. The lowest BCUT2D eigenvalue weighted by Gasteiger charge is -2.16. The molecule has 0 unspecified atom stereocenters. The zero-order valence-corrected chi connectivity index (χ0v) is 15.3. The maximum absolute atomic E-state index is 12.8. The van der Waals surface area contributed by atoms with Crippen molar-refractivity contribution in [3.05, 3.63) is 28.2 Å². The number of hydrogen-bond acceptors (Lipinski definition) is 5. The van der Waals surface area contributed by atoms with Crippen molar-refractivity contribution in [1.29, 1.82) is 0 Å². The summed E-state index contributed by atoms with van der Waals surface area (Å²) in [6.45, 7) is 2.11. The molecule has 24 heavy (non-hydrogen) atoms. The van der Waals surface area contributed by atoms with Gasteiger partial charge in [0.15, 0.2) is 0 Å². The number of amides is 1. The highest BCUT2D eigenvalue weighted by molar-refractivity contribution is 7.17. The molecule has 4 rings (SSSR count). The van der Waals surface area contributed by atoms with Crippen LogP contribution in [0.5, 0.6) is 0 Å². The van der Waals surface area contributed by atoms with Crippen molar-refractivity contribution >= 4 is 43.9 Å². The number of rotatable bonds is 5. The Morgan fingerprint density at radius 1 is 1.38 bits per heavy atom. The lowest BCUT2D eigenvalue weighted by atomic mass is 10.2. The van der Waals surface area contributed by atoms with Crippen LogP contribution in [0.25, 0.3) is 10.2 Å². The number of nitrogens with one attached hydrogen (secondary N) is 1. The van der Waals surface area contributed by atoms with E-state index in [1.807, 2.05) is 6.07 Å². The summed E-state index contributed by atoms with van der Waals surface area (Å²) in [6, 6.07) is 4.57. The van der Waals surface area contributed by atoms with Gasteiger partial charge in [0.2, 0.25) is 5.13 Å². The van der Waals surface area contributed by atoms with E-state index in [-0.39, 0.29) is 5.91 Å². The monoisotopic (exact) mass is 360 g/mol. The molecular weight excluding hydrogens is 340 g/mol. The fraction of sp³-hybridized carbons (Fsp3) is 0.471. The second-order valence-electron chi connectivity index (χ2n) is 6.21. The van der Waals surface area contributed by atoms with Gasteiger partial charge in [0.25, 0.3) is 5.91 Å². The fourth-order valence-corrected chi connectivity index (χ4v) is 5.10. The van der Waals surface area contributed by atoms with Crippen molar-refractivity contribution in [2.75, 3.05) is 5.32 Å². The van der Waals surface area contributed by atoms with Gasteiger partial charge in [-0.2, -0.15) is 0 Å². The van der Waals surface area contributed by atoms with Crippen LogP contribution < -0.4 is 5.32 Å². The molecule has 0 radical (unpaired) electrons. The SMILES string of the molecule is CCCc1nnc(NC(=O)c2cc3sccc3n2C2CCCC2)s1. The van der Waals surface area contributed by atoms with Crippen LogP contribution >= 0.6 is 22.7 Å². The zero-order chi connectivity index (χ0) is 16.5. The number of thiophene rings is 1. The van der Waals surface area contributed by atoms with Crippen LogP contribution in [-0.4, -0.2) is 20.7 Å². The highest BCUT2D eigenvalue weighted by Gasteiger charge is 2.25. The van der Waals surface area contributed by atoms with Crippen LogP contribution in [0, 0.1) is 0 Å². The molecule has 0 aromatic carbocycles. The first-order chi connectivity index (χ1) is 11.8. The van der Waals surface area contributed by atoms with E-state index in [2.05, 4.69) is 38.5 Å². The van der Waals surface area contributed by atoms with Gasteiger partial charge in [-0.3, -0.25) is 10.1 Å². The Kier molecular flexibility index (Phi) is 4.37. The average Bonchev–Trinajstić information content (AvgIpc) is 3.31. The van der Waals surface area contributed by atoms with Crippen molar-refractivity contribution in [3.8, 4) is 0 Å². The Hall–Kier alpha value is -1.73. The van der Waals surface area contributed by atoms with Crippen LogP contribution in [0.2, 0.25) is 0 Å². The van der Waals surface area contributed by atoms with E-state index < -0.39 is 0 Å². The zero-order valence-electron chi connectivity index (χ0n) is 13.6. The summed E-state index contributed by atoms with van der Waals surface area (Å²) in [4.78, 5) is 12.8. The molecule has 0 atom stereocenters. The van der Waals surface area contributed by atoms with E-state index in [1.165, 1.54) is 34.4 Å². The van der Waals surface area contributed by atoms with Gasteiger partial charge in [-0.15, -0.1) is 21.5 Å². The maximum atomic E-state index is 12.8. The van der Waals surface area contributed by atoms with Gasteiger partial charge >= 0.3 is 0 Å². The highest BCUT2D eigenvalue weighted by atomic mass is 32.1. The maximum Gasteiger partial charge on any atom is 0.274 e. The summed E-state index contributed by atoms with van der Waals surface area (Å²) in [6.07, 6.45) is 6.72. The van der Waals surface area contributed by atoms with Gasteiger partial charge in [0.05, 0.1) is 10.2 Å². The van der Waals surface area contributed by atoms with Gasteiger partial charge in [-0.05, 0) is 36.8 Å². The molecule has 1 saturated carbocycles. The quantitative estimate of drug-likeness (QED) is 0.706. The molecular formula is C17H20N4OS2. The van der Waals surface area contributed by atoms with Crippen LogP contribution in [-0.2, 0) is 6.42 Å². The van der Waals surface area contributed by atoms with Crippen LogP contribution in [0.1, 0.15) is 60.6 Å². The largest absolute Gasteiger partial charge is 0.333 e. The molecule has 1 aliphatic carbocycles. The van der Waals surface area contributed by atoms with Gasteiger partial charge in [0, 0.05) is 12.5 Å². The third-order valence-corrected chi connectivity index (χ3v) is 6.29. The molecule has 3 aromatic rings. The first-order valence-electron chi connectivity index (χ1n) is 8.48. The third-order valence-electron chi connectivity index (χ3n) is 4.53. The van der Waals surface area contributed by atoms with Gasteiger partial charge < -0.3 is 4.57 Å². The number of hydrogen-bond donors (Lipinski definition) is 1. The third kappa shape index (κ3) is 2.86. The van der Waals surface area contributed by atoms with E-state index in [9.17, 15) is 4.79 Å². The molecule has 1 aliphatic rings. The van der Waals surface area contributed by atoms with Crippen molar-refractivity contribution in [2.24, 2.45) is 0 Å². The molecule has 1 amide bonds. The number of aryl methyl sites for hydroxylation is 1. The lowest BCUT2D eigenvalue weighted by Crippen LogP contribution is -2.19. The van der Waals surface area contributed by atoms with Crippen molar-refractivity contribution in [2.45, 2.75) is 51.5 Å². The number of anilines is 1. The van der Waals surface area contributed by atoms with Crippen LogP contribution in [0.4, 0.5) is 5.13 Å². The summed E-state index contributed by atoms with van der Waals surface area (Å²) in [5, 5.41) is 14.8.